The van der Waals surface area contributed by atoms with Gasteiger partial charge in [0.25, 0.3) is 0 Å². The Morgan fingerprint density at radius 3 is 2.50 bits per heavy atom. The van der Waals surface area contributed by atoms with Gasteiger partial charge in [-0.1, -0.05) is 19.9 Å². The third-order valence-electron chi connectivity index (χ3n) is 2.23. The Bertz CT molecular complexity index is 323. The number of benzene rings is 1. The molecular formula is C11H16BrNO. The van der Waals surface area contributed by atoms with Crippen LogP contribution in [0.25, 0.3) is 0 Å². The average Bonchev–Trinajstić information content (AvgIpc) is 2.16. The molecule has 0 heterocycles. The molecule has 2 nitrogen and oxygen atoms in total. The predicted octanol–water partition coefficient (Wildman–Crippen LogP) is 3.04. The van der Waals surface area contributed by atoms with Crippen molar-refractivity contribution in [3.05, 3.63) is 27.7 Å². The lowest BCUT2D eigenvalue weighted by Gasteiger charge is -2.13. The van der Waals surface area contributed by atoms with Crippen molar-refractivity contribution >= 4 is 15.9 Å². The highest BCUT2D eigenvalue weighted by molar-refractivity contribution is 9.10. The number of methoxy groups -OCH3 is 1. The van der Waals surface area contributed by atoms with Crippen molar-refractivity contribution in [2.24, 2.45) is 5.73 Å². The van der Waals surface area contributed by atoms with Crippen molar-refractivity contribution in [2.45, 2.75) is 26.3 Å². The molecule has 0 radical (unpaired) electrons. The molecule has 0 saturated heterocycles. The molecule has 78 valence electrons. The van der Waals surface area contributed by atoms with Gasteiger partial charge in [-0.3, -0.25) is 0 Å². The quantitative estimate of drug-likeness (QED) is 0.904. The highest BCUT2D eigenvalue weighted by Gasteiger charge is 2.10. The second-order valence-electron chi connectivity index (χ2n) is 3.55. The summed E-state index contributed by atoms with van der Waals surface area (Å²) in [6.45, 7) is 4.82. The molecule has 0 atom stereocenters. The number of nitrogens with two attached hydrogens (primary N) is 1. The predicted molar refractivity (Wildman–Crippen MR) is 62.7 cm³/mol. The fourth-order valence-corrected chi connectivity index (χ4v) is 2.07. The summed E-state index contributed by atoms with van der Waals surface area (Å²) in [4.78, 5) is 0. The van der Waals surface area contributed by atoms with Crippen molar-refractivity contribution in [1.29, 1.82) is 0 Å². The van der Waals surface area contributed by atoms with E-state index in [9.17, 15) is 0 Å². The zero-order chi connectivity index (χ0) is 10.7. The summed E-state index contributed by atoms with van der Waals surface area (Å²) < 4.78 is 6.25. The third-order valence-corrected chi connectivity index (χ3v) is 2.82. The molecule has 3 heteroatoms. The molecule has 0 spiro atoms. The van der Waals surface area contributed by atoms with Gasteiger partial charge in [-0.05, 0) is 33.5 Å². The van der Waals surface area contributed by atoms with E-state index >= 15 is 0 Å². The van der Waals surface area contributed by atoms with Crippen LogP contribution in [0.15, 0.2) is 16.6 Å². The van der Waals surface area contributed by atoms with Gasteiger partial charge in [0.2, 0.25) is 0 Å². The van der Waals surface area contributed by atoms with Crippen molar-refractivity contribution in [3.63, 3.8) is 0 Å². The molecule has 0 aliphatic rings. The Morgan fingerprint density at radius 1 is 1.43 bits per heavy atom. The molecule has 0 amide bonds. The monoisotopic (exact) mass is 257 g/mol. The molecule has 0 saturated carbocycles. The van der Waals surface area contributed by atoms with Crippen molar-refractivity contribution in [2.75, 3.05) is 7.11 Å². The molecule has 1 aromatic carbocycles. The maximum absolute atomic E-state index is 5.66. The molecule has 0 unspecified atom stereocenters. The van der Waals surface area contributed by atoms with E-state index in [0.717, 1.165) is 15.8 Å². The van der Waals surface area contributed by atoms with Gasteiger partial charge in [0.05, 0.1) is 11.6 Å². The van der Waals surface area contributed by atoms with Crippen LogP contribution in [0.4, 0.5) is 0 Å². The van der Waals surface area contributed by atoms with Gasteiger partial charge in [0.1, 0.15) is 5.75 Å². The van der Waals surface area contributed by atoms with Crippen molar-refractivity contribution in [1.82, 2.24) is 0 Å². The molecule has 0 aliphatic heterocycles. The van der Waals surface area contributed by atoms with E-state index in [4.69, 9.17) is 10.5 Å². The minimum Gasteiger partial charge on any atom is -0.495 e. The van der Waals surface area contributed by atoms with Crippen molar-refractivity contribution < 1.29 is 4.74 Å². The highest BCUT2D eigenvalue weighted by atomic mass is 79.9. The van der Waals surface area contributed by atoms with Crippen LogP contribution in [0, 0.1) is 0 Å². The lowest BCUT2D eigenvalue weighted by molar-refractivity contribution is 0.407. The van der Waals surface area contributed by atoms with Crippen LogP contribution in [-0.4, -0.2) is 7.11 Å². The van der Waals surface area contributed by atoms with Crippen LogP contribution in [0.3, 0.4) is 0 Å². The standard InChI is InChI=1S/C11H16BrNO/c1-7(2)8-4-9(6-13)11(14-3)10(12)5-8/h4-5,7H,6,13H2,1-3H3. The van der Waals surface area contributed by atoms with Gasteiger partial charge in [-0.25, -0.2) is 0 Å². The van der Waals surface area contributed by atoms with Crippen molar-refractivity contribution in [3.8, 4) is 5.75 Å². The molecule has 0 fully saturated rings. The summed E-state index contributed by atoms with van der Waals surface area (Å²) in [5.74, 6) is 1.35. The van der Waals surface area contributed by atoms with E-state index in [2.05, 4.69) is 41.9 Å². The SMILES string of the molecule is COc1c(Br)cc(C(C)C)cc1CN. The summed E-state index contributed by atoms with van der Waals surface area (Å²) in [6.07, 6.45) is 0. The second kappa shape index (κ2) is 4.80. The van der Waals surface area contributed by atoms with E-state index < -0.39 is 0 Å². The minimum atomic E-state index is 0.502. The van der Waals surface area contributed by atoms with E-state index in [0.29, 0.717) is 12.5 Å². The zero-order valence-electron chi connectivity index (χ0n) is 8.80. The molecule has 1 aromatic rings. The largest absolute Gasteiger partial charge is 0.495 e. The number of hydrogen-bond donors (Lipinski definition) is 1. The fourth-order valence-electron chi connectivity index (χ4n) is 1.39. The normalized spacial score (nSPS) is 10.7. The van der Waals surface area contributed by atoms with Gasteiger partial charge in [-0.15, -0.1) is 0 Å². The van der Waals surface area contributed by atoms with Gasteiger partial charge >= 0.3 is 0 Å². The first kappa shape index (κ1) is 11.5. The third kappa shape index (κ3) is 2.28. The summed E-state index contributed by atoms with van der Waals surface area (Å²) in [5, 5.41) is 0. The Morgan fingerprint density at radius 2 is 2.07 bits per heavy atom. The Balaban J connectivity index is 3.24. The smallest absolute Gasteiger partial charge is 0.137 e. The van der Waals surface area contributed by atoms with Gasteiger partial charge in [0.15, 0.2) is 0 Å². The molecule has 1 rings (SSSR count). The van der Waals surface area contributed by atoms with Crippen LogP contribution in [-0.2, 0) is 6.54 Å². The molecular weight excluding hydrogens is 242 g/mol. The first-order chi connectivity index (χ1) is 6.60. The summed E-state index contributed by atoms with van der Waals surface area (Å²) in [7, 11) is 1.66. The summed E-state index contributed by atoms with van der Waals surface area (Å²) in [5.41, 5.74) is 7.99. The lowest BCUT2D eigenvalue weighted by Crippen LogP contribution is -2.02. The van der Waals surface area contributed by atoms with E-state index in [1.165, 1.54) is 5.56 Å². The van der Waals surface area contributed by atoms with Gasteiger partial charge < -0.3 is 10.5 Å². The average molecular weight is 258 g/mol. The zero-order valence-corrected chi connectivity index (χ0v) is 10.4. The van der Waals surface area contributed by atoms with Crippen LogP contribution in [0.1, 0.15) is 30.9 Å². The first-order valence-corrected chi connectivity index (χ1v) is 5.45. The topological polar surface area (TPSA) is 35.2 Å². The van der Waals surface area contributed by atoms with Crippen LogP contribution < -0.4 is 10.5 Å². The molecule has 2 N–H and O–H groups in total. The van der Waals surface area contributed by atoms with Crippen LogP contribution in [0.2, 0.25) is 0 Å². The maximum Gasteiger partial charge on any atom is 0.137 e. The van der Waals surface area contributed by atoms with Gasteiger partial charge in [0, 0.05) is 12.1 Å². The Kier molecular flexibility index (Phi) is 3.96. The molecule has 0 bridgehead atoms. The van der Waals surface area contributed by atoms with Gasteiger partial charge in [-0.2, -0.15) is 0 Å². The van der Waals surface area contributed by atoms with Crippen LogP contribution in [0.5, 0.6) is 5.75 Å². The number of rotatable bonds is 3. The Labute approximate surface area is 93.6 Å². The highest BCUT2D eigenvalue weighted by Crippen LogP contribution is 2.32. The van der Waals surface area contributed by atoms with Crippen LogP contribution >= 0.6 is 15.9 Å². The molecule has 14 heavy (non-hydrogen) atoms. The minimum absolute atomic E-state index is 0.502. The summed E-state index contributed by atoms with van der Waals surface area (Å²) >= 11 is 3.49. The van der Waals surface area contributed by atoms with E-state index in [-0.39, 0.29) is 0 Å². The second-order valence-corrected chi connectivity index (χ2v) is 4.41. The molecule has 0 aliphatic carbocycles. The molecule has 0 aromatic heterocycles. The number of hydrogen-bond acceptors (Lipinski definition) is 2. The summed E-state index contributed by atoms with van der Waals surface area (Å²) in [6, 6.07) is 4.19. The fraction of sp³-hybridized carbons (Fsp3) is 0.455. The lowest BCUT2D eigenvalue weighted by atomic mass is 10.0. The number of halogens is 1. The first-order valence-electron chi connectivity index (χ1n) is 4.66. The van der Waals surface area contributed by atoms with E-state index in [1.54, 1.807) is 7.11 Å². The van der Waals surface area contributed by atoms with E-state index in [1.807, 2.05) is 0 Å². The maximum atomic E-state index is 5.66. The Hall–Kier alpha value is -0.540. The number of ether oxygens (including phenoxy) is 1.